The van der Waals surface area contributed by atoms with E-state index in [1.165, 1.54) is 51.7 Å². The normalized spacial score (nSPS) is 35.0. The molecule has 0 spiro atoms. The van der Waals surface area contributed by atoms with Crippen LogP contribution >= 0.6 is 0 Å². The number of hydrogen-bond donors (Lipinski definition) is 1. The number of ether oxygens (including phenoxy) is 1. The van der Waals surface area contributed by atoms with Crippen molar-refractivity contribution in [2.75, 3.05) is 33.3 Å². The van der Waals surface area contributed by atoms with Crippen LogP contribution in [0.5, 0.6) is 0 Å². The fraction of sp³-hybridized carbons (Fsp3) is 1.00. The van der Waals surface area contributed by atoms with E-state index >= 15 is 0 Å². The molecule has 2 unspecified atom stereocenters. The second-order valence-electron chi connectivity index (χ2n) is 4.77. The zero-order valence-electron chi connectivity index (χ0n) is 9.87. The Hall–Kier alpha value is -0.120. The quantitative estimate of drug-likeness (QED) is 0.745. The van der Waals surface area contributed by atoms with Gasteiger partial charge in [-0.05, 0) is 32.4 Å². The molecular weight excluding hydrogens is 188 g/mol. The van der Waals surface area contributed by atoms with Gasteiger partial charge in [-0.3, -0.25) is 4.90 Å². The topological polar surface area (TPSA) is 24.5 Å². The van der Waals surface area contributed by atoms with E-state index in [1.807, 2.05) is 7.11 Å². The second-order valence-corrected chi connectivity index (χ2v) is 4.77. The van der Waals surface area contributed by atoms with Gasteiger partial charge in [-0.1, -0.05) is 12.8 Å². The Morgan fingerprint density at radius 2 is 1.93 bits per heavy atom. The van der Waals surface area contributed by atoms with E-state index in [0.717, 1.165) is 6.54 Å². The smallest absolute Gasteiger partial charge is 0.0726 e. The van der Waals surface area contributed by atoms with Crippen LogP contribution in [0.25, 0.3) is 0 Å². The summed E-state index contributed by atoms with van der Waals surface area (Å²) in [5.41, 5.74) is 0. The summed E-state index contributed by atoms with van der Waals surface area (Å²) >= 11 is 0. The summed E-state index contributed by atoms with van der Waals surface area (Å²) in [6, 6.07) is 0.684. The third-order valence-electron chi connectivity index (χ3n) is 3.81. The van der Waals surface area contributed by atoms with Gasteiger partial charge in [-0.15, -0.1) is 0 Å². The van der Waals surface area contributed by atoms with Crippen molar-refractivity contribution < 1.29 is 4.74 Å². The molecule has 2 atom stereocenters. The first-order valence-corrected chi connectivity index (χ1v) is 6.39. The summed E-state index contributed by atoms with van der Waals surface area (Å²) in [4.78, 5) is 2.65. The maximum absolute atomic E-state index is 5.64. The van der Waals surface area contributed by atoms with Gasteiger partial charge in [0, 0.05) is 26.2 Å². The highest BCUT2D eigenvalue weighted by Crippen LogP contribution is 2.25. The maximum Gasteiger partial charge on any atom is 0.0726 e. The Morgan fingerprint density at radius 1 is 1.07 bits per heavy atom. The van der Waals surface area contributed by atoms with Crippen LogP contribution in [-0.4, -0.2) is 50.3 Å². The van der Waals surface area contributed by atoms with Crippen molar-refractivity contribution in [1.29, 1.82) is 0 Å². The van der Waals surface area contributed by atoms with Gasteiger partial charge < -0.3 is 10.1 Å². The summed E-state index contributed by atoms with van der Waals surface area (Å²) in [6.45, 7) is 4.77. The molecular formula is C12H24N2O. The first-order chi connectivity index (χ1) is 7.42. The van der Waals surface area contributed by atoms with Crippen molar-refractivity contribution in [2.24, 2.45) is 0 Å². The number of methoxy groups -OCH3 is 1. The highest BCUT2D eigenvalue weighted by atomic mass is 16.5. The van der Waals surface area contributed by atoms with Crippen LogP contribution in [0.4, 0.5) is 0 Å². The van der Waals surface area contributed by atoms with Crippen LogP contribution in [-0.2, 0) is 4.74 Å². The lowest BCUT2D eigenvalue weighted by Gasteiger charge is -2.38. The lowest BCUT2D eigenvalue weighted by atomic mass is 9.91. The molecule has 2 fully saturated rings. The van der Waals surface area contributed by atoms with Gasteiger partial charge in [0.2, 0.25) is 0 Å². The molecule has 1 heterocycles. The number of nitrogens with one attached hydrogen (secondary N) is 1. The zero-order chi connectivity index (χ0) is 10.5. The molecule has 88 valence electrons. The number of rotatable bonds is 2. The maximum atomic E-state index is 5.64. The van der Waals surface area contributed by atoms with Gasteiger partial charge in [0.25, 0.3) is 0 Å². The highest BCUT2D eigenvalue weighted by molar-refractivity contribution is 4.85. The predicted molar refractivity (Wildman–Crippen MR) is 62.1 cm³/mol. The standard InChI is InChI=1S/C12H24N2O/c1-15-12-6-3-2-5-11(12)14-9-4-7-13-8-10-14/h11-13H,2-10H2,1H3. The van der Waals surface area contributed by atoms with Crippen LogP contribution in [0.3, 0.4) is 0 Å². The molecule has 1 aliphatic carbocycles. The van der Waals surface area contributed by atoms with Crippen LogP contribution in [0, 0.1) is 0 Å². The van der Waals surface area contributed by atoms with E-state index in [1.54, 1.807) is 0 Å². The molecule has 0 aromatic heterocycles. The van der Waals surface area contributed by atoms with Crippen LogP contribution in [0.1, 0.15) is 32.1 Å². The summed E-state index contributed by atoms with van der Waals surface area (Å²) in [7, 11) is 1.87. The van der Waals surface area contributed by atoms with E-state index < -0.39 is 0 Å². The van der Waals surface area contributed by atoms with E-state index in [4.69, 9.17) is 4.74 Å². The van der Waals surface area contributed by atoms with Crippen LogP contribution in [0.2, 0.25) is 0 Å². The Kier molecular flexibility index (Phi) is 4.42. The monoisotopic (exact) mass is 212 g/mol. The molecule has 0 aromatic rings. The Labute approximate surface area is 93.2 Å². The SMILES string of the molecule is COC1CCCCC1N1CCCNCC1. The van der Waals surface area contributed by atoms with Crippen molar-refractivity contribution in [3.05, 3.63) is 0 Å². The third kappa shape index (κ3) is 2.92. The van der Waals surface area contributed by atoms with Gasteiger partial charge in [-0.2, -0.15) is 0 Å². The molecule has 15 heavy (non-hydrogen) atoms. The summed E-state index contributed by atoms with van der Waals surface area (Å²) in [5, 5.41) is 3.47. The number of hydrogen-bond acceptors (Lipinski definition) is 3. The van der Waals surface area contributed by atoms with Crippen LogP contribution in [0.15, 0.2) is 0 Å². The second kappa shape index (κ2) is 5.83. The first kappa shape index (κ1) is 11.4. The first-order valence-electron chi connectivity index (χ1n) is 6.39. The summed E-state index contributed by atoms with van der Waals surface area (Å²) < 4.78 is 5.64. The van der Waals surface area contributed by atoms with E-state index in [-0.39, 0.29) is 0 Å². The zero-order valence-corrected chi connectivity index (χ0v) is 9.87. The summed E-state index contributed by atoms with van der Waals surface area (Å²) in [5.74, 6) is 0. The molecule has 2 aliphatic rings. The molecule has 0 amide bonds. The van der Waals surface area contributed by atoms with Crippen molar-refractivity contribution in [1.82, 2.24) is 10.2 Å². The molecule has 2 rings (SSSR count). The fourth-order valence-corrected chi connectivity index (χ4v) is 2.97. The van der Waals surface area contributed by atoms with Gasteiger partial charge in [-0.25, -0.2) is 0 Å². The largest absolute Gasteiger partial charge is 0.380 e. The van der Waals surface area contributed by atoms with E-state index in [0.29, 0.717) is 12.1 Å². The summed E-state index contributed by atoms with van der Waals surface area (Å²) in [6.07, 6.45) is 7.09. The van der Waals surface area contributed by atoms with E-state index in [2.05, 4.69) is 10.2 Å². The van der Waals surface area contributed by atoms with Crippen molar-refractivity contribution >= 4 is 0 Å². The molecule has 3 nitrogen and oxygen atoms in total. The average molecular weight is 212 g/mol. The van der Waals surface area contributed by atoms with E-state index in [9.17, 15) is 0 Å². The minimum Gasteiger partial charge on any atom is -0.380 e. The van der Waals surface area contributed by atoms with Gasteiger partial charge >= 0.3 is 0 Å². The molecule has 1 aliphatic heterocycles. The van der Waals surface area contributed by atoms with Gasteiger partial charge in [0.15, 0.2) is 0 Å². The third-order valence-corrected chi connectivity index (χ3v) is 3.81. The Bertz CT molecular complexity index is 178. The Morgan fingerprint density at radius 3 is 2.80 bits per heavy atom. The molecule has 0 bridgehead atoms. The lowest BCUT2D eigenvalue weighted by molar-refractivity contribution is -0.00883. The molecule has 3 heteroatoms. The molecule has 1 saturated heterocycles. The van der Waals surface area contributed by atoms with Crippen molar-refractivity contribution in [3.63, 3.8) is 0 Å². The molecule has 0 radical (unpaired) electrons. The minimum atomic E-state index is 0.483. The Balaban J connectivity index is 1.92. The number of nitrogens with zero attached hydrogens (tertiary/aromatic N) is 1. The molecule has 1 N–H and O–H groups in total. The van der Waals surface area contributed by atoms with Crippen molar-refractivity contribution in [2.45, 2.75) is 44.2 Å². The van der Waals surface area contributed by atoms with Crippen LogP contribution < -0.4 is 5.32 Å². The fourth-order valence-electron chi connectivity index (χ4n) is 2.97. The van der Waals surface area contributed by atoms with Gasteiger partial charge in [0.1, 0.15) is 0 Å². The average Bonchev–Trinajstić information content (AvgIpc) is 2.57. The predicted octanol–water partition coefficient (Wildman–Crippen LogP) is 1.24. The molecule has 0 aromatic carbocycles. The van der Waals surface area contributed by atoms with Gasteiger partial charge in [0.05, 0.1) is 6.10 Å². The molecule has 1 saturated carbocycles. The lowest BCUT2D eigenvalue weighted by Crippen LogP contribution is -2.47. The van der Waals surface area contributed by atoms with Crippen molar-refractivity contribution in [3.8, 4) is 0 Å². The highest BCUT2D eigenvalue weighted by Gasteiger charge is 2.30. The minimum absolute atomic E-state index is 0.483.